The van der Waals surface area contributed by atoms with Crippen molar-refractivity contribution >= 4 is 15.9 Å². The molecule has 0 heterocycles. The maximum absolute atomic E-state index is 9.33. The molecule has 0 spiro atoms. The molecule has 0 aliphatic rings. The van der Waals surface area contributed by atoms with Crippen molar-refractivity contribution in [1.29, 1.82) is 0 Å². The summed E-state index contributed by atoms with van der Waals surface area (Å²) in [4.78, 5) is 0. The molecule has 0 fully saturated rings. The fourth-order valence-electron chi connectivity index (χ4n) is 1.04. The van der Waals surface area contributed by atoms with Crippen molar-refractivity contribution in [3.63, 3.8) is 0 Å². The molecule has 1 aromatic carbocycles. The number of hydrogen-bond donors (Lipinski definition) is 1. The second-order valence-electron chi connectivity index (χ2n) is 3.08. The molecule has 1 N–H and O–H groups in total. The van der Waals surface area contributed by atoms with Gasteiger partial charge in [-0.3, -0.25) is 0 Å². The average Bonchev–Trinajstić information content (AvgIpc) is 2.04. The van der Waals surface area contributed by atoms with Crippen LogP contribution in [0.3, 0.4) is 0 Å². The van der Waals surface area contributed by atoms with Gasteiger partial charge in [-0.05, 0) is 24.6 Å². The van der Waals surface area contributed by atoms with Crippen LogP contribution < -0.4 is 0 Å². The summed E-state index contributed by atoms with van der Waals surface area (Å²) < 4.78 is 1.07. The molecule has 66 valence electrons. The standard InChI is InChI=1S/C10H13BrO/c1-7(8(2)12)9-3-5-10(11)6-4-9/h3-8,12H,1-2H3. The van der Waals surface area contributed by atoms with Crippen molar-refractivity contribution < 1.29 is 5.11 Å². The monoisotopic (exact) mass is 228 g/mol. The zero-order valence-electron chi connectivity index (χ0n) is 7.29. The van der Waals surface area contributed by atoms with E-state index in [1.807, 2.05) is 38.1 Å². The van der Waals surface area contributed by atoms with Gasteiger partial charge in [-0.25, -0.2) is 0 Å². The van der Waals surface area contributed by atoms with Gasteiger partial charge in [0.25, 0.3) is 0 Å². The third-order valence-corrected chi connectivity index (χ3v) is 2.65. The Balaban J connectivity index is 2.82. The summed E-state index contributed by atoms with van der Waals surface area (Å²) in [6, 6.07) is 8.05. The van der Waals surface area contributed by atoms with Crippen LogP contribution in [-0.2, 0) is 0 Å². The van der Waals surface area contributed by atoms with Crippen LogP contribution in [0.2, 0.25) is 0 Å². The Bertz CT molecular complexity index is 241. The van der Waals surface area contributed by atoms with Gasteiger partial charge in [-0.1, -0.05) is 35.0 Å². The fourth-order valence-corrected chi connectivity index (χ4v) is 1.31. The van der Waals surface area contributed by atoms with E-state index in [1.54, 1.807) is 0 Å². The normalized spacial score (nSPS) is 15.7. The van der Waals surface area contributed by atoms with Crippen LogP contribution in [0.15, 0.2) is 28.7 Å². The number of hydrogen-bond acceptors (Lipinski definition) is 1. The van der Waals surface area contributed by atoms with E-state index in [9.17, 15) is 5.11 Å². The Kier molecular flexibility index (Phi) is 3.29. The maximum atomic E-state index is 9.33. The summed E-state index contributed by atoms with van der Waals surface area (Å²) in [6.07, 6.45) is -0.286. The third kappa shape index (κ3) is 2.32. The van der Waals surface area contributed by atoms with Gasteiger partial charge in [-0.15, -0.1) is 0 Å². The van der Waals surface area contributed by atoms with Gasteiger partial charge in [0, 0.05) is 10.4 Å². The molecule has 0 aliphatic heterocycles. The quantitative estimate of drug-likeness (QED) is 0.826. The van der Waals surface area contributed by atoms with Gasteiger partial charge in [0.2, 0.25) is 0 Å². The van der Waals surface area contributed by atoms with Crippen LogP contribution in [-0.4, -0.2) is 11.2 Å². The molecule has 0 bridgehead atoms. The van der Waals surface area contributed by atoms with Gasteiger partial charge in [0.15, 0.2) is 0 Å². The average molecular weight is 229 g/mol. The second-order valence-corrected chi connectivity index (χ2v) is 4.00. The SMILES string of the molecule is CC(O)C(C)c1ccc(Br)cc1. The molecule has 2 heteroatoms. The van der Waals surface area contributed by atoms with Gasteiger partial charge in [-0.2, -0.15) is 0 Å². The molecule has 0 amide bonds. The van der Waals surface area contributed by atoms with E-state index in [-0.39, 0.29) is 12.0 Å². The Morgan fingerprint density at radius 3 is 2.08 bits per heavy atom. The molecule has 1 nitrogen and oxygen atoms in total. The topological polar surface area (TPSA) is 20.2 Å². The highest BCUT2D eigenvalue weighted by Crippen LogP contribution is 2.20. The summed E-state index contributed by atoms with van der Waals surface area (Å²) in [6.45, 7) is 3.83. The van der Waals surface area contributed by atoms with Gasteiger partial charge in [0.1, 0.15) is 0 Å². The van der Waals surface area contributed by atoms with Crippen molar-refractivity contribution in [3.8, 4) is 0 Å². The van der Waals surface area contributed by atoms with Crippen molar-refractivity contribution in [2.24, 2.45) is 0 Å². The lowest BCUT2D eigenvalue weighted by molar-refractivity contribution is 0.169. The van der Waals surface area contributed by atoms with Crippen molar-refractivity contribution in [3.05, 3.63) is 34.3 Å². The summed E-state index contributed by atoms with van der Waals surface area (Å²) >= 11 is 3.37. The molecule has 12 heavy (non-hydrogen) atoms. The molecule has 0 radical (unpaired) electrons. The molecule has 1 aromatic rings. The molecule has 0 aliphatic carbocycles. The highest BCUT2D eigenvalue weighted by atomic mass is 79.9. The number of aliphatic hydroxyl groups excluding tert-OH is 1. The number of benzene rings is 1. The first-order chi connectivity index (χ1) is 5.61. The molecular formula is C10H13BrO. The first-order valence-corrected chi connectivity index (χ1v) is 4.84. The van der Waals surface area contributed by atoms with Crippen LogP contribution in [0.5, 0.6) is 0 Å². The number of aliphatic hydroxyl groups is 1. The van der Waals surface area contributed by atoms with E-state index in [2.05, 4.69) is 15.9 Å². The maximum Gasteiger partial charge on any atom is 0.0577 e. The van der Waals surface area contributed by atoms with Gasteiger partial charge < -0.3 is 5.11 Å². The predicted molar refractivity (Wildman–Crippen MR) is 54.2 cm³/mol. The number of halogens is 1. The minimum Gasteiger partial charge on any atom is -0.393 e. The summed E-state index contributed by atoms with van der Waals surface area (Å²) in [7, 11) is 0. The molecule has 0 aromatic heterocycles. The zero-order valence-corrected chi connectivity index (χ0v) is 8.88. The smallest absolute Gasteiger partial charge is 0.0577 e. The highest BCUT2D eigenvalue weighted by molar-refractivity contribution is 9.10. The molecule has 2 atom stereocenters. The first kappa shape index (κ1) is 9.75. The Hall–Kier alpha value is -0.340. The fraction of sp³-hybridized carbons (Fsp3) is 0.400. The van der Waals surface area contributed by atoms with E-state index in [0.29, 0.717) is 0 Å². The van der Waals surface area contributed by atoms with Crippen molar-refractivity contribution in [1.82, 2.24) is 0 Å². The molecule has 2 unspecified atom stereocenters. The zero-order chi connectivity index (χ0) is 9.14. The lowest BCUT2D eigenvalue weighted by Gasteiger charge is -2.14. The first-order valence-electron chi connectivity index (χ1n) is 4.05. The van der Waals surface area contributed by atoms with Gasteiger partial charge in [0.05, 0.1) is 6.10 Å². The minimum atomic E-state index is -0.286. The predicted octanol–water partition coefficient (Wildman–Crippen LogP) is 2.93. The van der Waals surface area contributed by atoms with Crippen LogP contribution in [0.25, 0.3) is 0 Å². The van der Waals surface area contributed by atoms with Crippen molar-refractivity contribution in [2.75, 3.05) is 0 Å². The molecular weight excluding hydrogens is 216 g/mol. The van der Waals surface area contributed by atoms with Crippen molar-refractivity contribution in [2.45, 2.75) is 25.9 Å². The molecule has 1 rings (SSSR count). The minimum absolute atomic E-state index is 0.207. The Labute approximate surface area is 81.6 Å². The third-order valence-electron chi connectivity index (χ3n) is 2.12. The van der Waals surface area contributed by atoms with Crippen LogP contribution in [0, 0.1) is 0 Å². The molecule has 0 saturated heterocycles. The van der Waals surface area contributed by atoms with Crippen LogP contribution in [0.1, 0.15) is 25.3 Å². The van der Waals surface area contributed by atoms with Crippen LogP contribution >= 0.6 is 15.9 Å². The lowest BCUT2D eigenvalue weighted by atomic mass is 9.97. The number of rotatable bonds is 2. The van der Waals surface area contributed by atoms with E-state index < -0.39 is 0 Å². The van der Waals surface area contributed by atoms with E-state index in [4.69, 9.17) is 0 Å². The Morgan fingerprint density at radius 2 is 1.67 bits per heavy atom. The van der Waals surface area contributed by atoms with E-state index in [0.717, 1.165) is 4.47 Å². The second kappa shape index (κ2) is 4.06. The summed E-state index contributed by atoms with van der Waals surface area (Å²) in [5.41, 5.74) is 1.17. The Morgan fingerprint density at radius 1 is 1.17 bits per heavy atom. The van der Waals surface area contributed by atoms with Crippen LogP contribution in [0.4, 0.5) is 0 Å². The highest BCUT2D eigenvalue weighted by Gasteiger charge is 2.10. The summed E-state index contributed by atoms with van der Waals surface area (Å²) in [5.74, 6) is 0.207. The van der Waals surface area contributed by atoms with Gasteiger partial charge >= 0.3 is 0 Å². The molecule has 0 saturated carbocycles. The largest absolute Gasteiger partial charge is 0.393 e. The van der Waals surface area contributed by atoms with E-state index in [1.165, 1.54) is 5.56 Å². The van der Waals surface area contributed by atoms with E-state index >= 15 is 0 Å². The lowest BCUT2D eigenvalue weighted by Crippen LogP contribution is -2.10. The summed E-state index contributed by atoms with van der Waals surface area (Å²) in [5, 5.41) is 9.33.